The monoisotopic (exact) mass is 174 g/mol. The lowest BCUT2D eigenvalue weighted by atomic mass is 9.89. The third-order valence-corrected chi connectivity index (χ3v) is 3.26. The Labute approximate surface area is 78.7 Å². The van der Waals surface area contributed by atoms with Crippen LogP contribution in [0.1, 0.15) is 37.0 Å². The van der Waals surface area contributed by atoms with E-state index in [1.165, 1.54) is 11.1 Å². The molecule has 0 spiro atoms. The summed E-state index contributed by atoms with van der Waals surface area (Å²) in [4.78, 5) is 0. The van der Waals surface area contributed by atoms with Crippen molar-refractivity contribution in [2.24, 2.45) is 5.92 Å². The Hall–Kier alpha value is -0.820. The van der Waals surface area contributed by atoms with Crippen molar-refractivity contribution in [3.63, 3.8) is 0 Å². The van der Waals surface area contributed by atoms with Gasteiger partial charge in [0.15, 0.2) is 0 Å². The van der Waals surface area contributed by atoms with Crippen LogP contribution >= 0.6 is 0 Å². The summed E-state index contributed by atoms with van der Waals surface area (Å²) in [6.45, 7) is 4.57. The Morgan fingerprint density at radius 3 is 2.54 bits per heavy atom. The van der Waals surface area contributed by atoms with Gasteiger partial charge < -0.3 is 4.74 Å². The number of ether oxygens (including phenoxy) is 1. The Bertz CT molecular complexity index is 343. The summed E-state index contributed by atoms with van der Waals surface area (Å²) in [5.74, 6) is 1.33. The van der Waals surface area contributed by atoms with Crippen molar-refractivity contribution in [1.82, 2.24) is 0 Å². The smallest absolute Gasteiger partial charge is 0.110 e. The second kappa shape index (κ2) is 2.36. The zero-order valence-electron chi connectivity index (χ0n) is 8.03. The largest absolute Gasteiger partial charge is 0.364 e. The van der Waals surface area contributed by atoms with Gasteiger partial charge in [-0.3, -0.25) is 0 Å². The van der Waals surface area contributed by atoms with Crippen LogP contribution in [0.25, 0.3) is 0 Å². The molecule has 1 aromatic rings. The molecule has 1 nitrogen and oxygen atoms in total. The van der Waals surface area contributed by atoms with Crippen LogP contribution in [0, 0.1) is 5.92 Å². The predicted octanol–water partition coefficient (Wildman–Crippen LogP) is 2.88. The molecule has 1 aromatic carbocycles. The quantitative estimate of drug-likeness (QED) is 0.596. The average Bonchev–Trinajstić information content (AvgIpc) is 2.81. The van der Waals surface area contributed by atoms with Crippen LogP contribution in [0.3, 0.4) is 0 Å². The van der Waals surface area contributed by atoms with Crippen LogP contribution in [-0.4, -0.2) is 6.10 Å². The van der Waals surface area contributed by atoms with E-state index in [4.69, 9.17) is 4.74 Å². The maximum atomic E-state index is 5.65. The topological polar surface area (TPSA) is 12.5 Å². The maximum Gasteiger partial charge on any atom is 0.110 e. The van der Waals surface area contributed by atoms with Crippen molar-refractivity contribution in [2.75, 3.05) is 0 Å². The molecule has 1 fully saturated rings. The van der Waals surface area contributed by atoms with Crippen LogP contribution in [0.2, 0.25) is 0 Å². The molecule has 0 saturated carbocycles. The van der Waals surface area contributed by atoms with Gasteiger partial charge in [0, 0.05) is 5.92 Å². The van der Waals surface area contributed by atoms with E-state index >= 15 is 0 Å². The maximum absolute atomic E-state index is 5.65. The minimum atomic E-state index is 0.434. The molecule has 0 aromatic heterocycles. The van der Waals surface area contributed by atoms with Gasteiger partial charge in [0.1, 0.15) is 6.10 Å². The second-order valence-corrected chi connectivity index (χ2v) is 4.42. The van der Waals surface area contributed by atoms with E-state index in [0.29, 0.717) is 24.0 Å². The van der Waals surface area contributed by atoms with Gasteiger partial charge in [-0.1, -0.05) is 38.1 Å². The molecule has 3 rings (SSSR count). The van der Waals surface area contributed by atoms with E-state index in [1.807, 2.05) is 0 Å². The highest BCUT2D eigenvalue weighted by Gasteiger charge is 2.54. The van der Waals surface area contributed by atoms with E-state index in [-0.39, 0.29) is 0 Å². The van der Waals surface area contributed by atoms with Crippen LogP contribution in [0.4, 0.5) is 0 Å². The first kappa shape index (κ1) is 7.57. The van der Waals surface area contributed by atoms with Gasteiger partial charge in [-0.15, -0.1) is 0 Å². The minimum absolute atomic E-state index is 0.434. The molecule has 13 heavy (non-hydrogen) atoms. The third-order valence-electron chi connectivity index (χ3n) is 3.26. The van der Waals surface area contributed by atoms with E-state index in [1.54, 1.807) is 0 Å². The first-order valence-electron chi connectivity index (χ1n) is 5.03. The summed E-state index contributed by atoms with van der Waals surface area (Å²) in [6.07, 6.45) is 0.931. The third kappa shape index (κ3) is 0.910. The Kier molecular flexibility index (Phi) is 1.37. The second-order valence-electron chi connectivity index (χ2n) is 4.42. The lowest BCUT2D eigenvalue weighted by Gasteiger charge is -2.17. The molecular formula is C12H14O. The van der Waals surface area contributed by atoms with Crippen molar-refractivity contribution in [3.05, 3.63) is 35.4 Å². The molecule has 0 N–H and O–H groups in total. The van der Waals surface area contributed by atoms with Gasteiger partial charge >= 0.3 is 0 Å². The Balaban J connectivity index is 2.10. The summed E-state index contributed by atoms with van der Waals surface area (Å²) < 4.78 is 5.65. The number of fused-ring (bicyclic) bond motifs is 3. The number of epoxide rings is 1. The normalized spacial score (nSPS) is 34.5. The molecule has 68 valence electrons. The average molecular weight is 174 g/mol. The summed E-state index contributed by atoms with van der Waals surface area (Å²) in [5, 5.41) is 0. The number of benzene rings is 1. The lowest BCUT2D eigenvalue weighted by Crippen LogP contribution is -2.09. The van der Waals surface area contributed by atoms with Crippen LogP contribution in [0.5, 0.6) is 0 Å². The van der Waals surface area contributed by atoms with Crippen LogP contribution in [0.15, 0.2) is 24.3 Å². The summed E-state index contributed by atoms with van der Waals surface area (Å²) in [5.41, 5.74) is 2.96. The molecule has 0 radical (unpaired) electrons. The van der Waals surface area contributed by atoms with Crippen molar-refractivity contribution >= 4 is 0 Å². The van der Waals surface area contributed by atoms with E-state index < -0.39 is 0 Å². The van der Waals surface area contributed by atoms with Gasteiger partial charge in [-0.05, 0) is 17.0 Å². The standard InChI is InChI=1S/C12H14O/c1-7(2)10-8-5-3-4-6-9(8)11-12(10)13-11/h3-7,10-12H,1-2H3/t10-,11-,12+/m0/s1. The Morgan fingerprint density at radius 1 is 1.15 bits per heavy atom. The first-order chi connectivity index (χ1) is 6.29. The summed E-state index contributed by atoms with van der Waals surface area (Å²) in [6, 6.07) is 8.72. The minimum Gasteiger partial charge on any atom is -0.364 e. The van der Waals surface area contributed by atoms with Crippen LogP contribution < -0.4 is 0 Å². The van der Waals surface area contributed by atoms with E-state index in [9.17, 15) is 0 Å². The number of hydrogen-bond acceptors (Lipinski definition) is 1. The molecule has 1 aliphatic heterocycles. The molecule has 0 unspecified atom stereocenters. The first-order valence-corrected chi connectivity index (χ1v) is 5.03. The Morgan fingerprint density at radius 2 is 1.85 bits per heavy atom. The molecule has 2 aliphatic rings. The van der Waals surface area contributed by atoms with Crippen molar-refractivity contribution in [3.8, 4) is 0 Å². The van der Waals surface area contributed by atoms with Crippen molar-refractivity contribution in [2.45, 2.75) is 32.0 Å². The zero-order chi connectivity index (χ0) is 9.00. The summed E-state index contributed by atoms with van der Waals surface area (Å²) in [7, 11) is 0. The molecular weight excluding hydrogens is 160 g/mol. The molecule has 1 saturated heterocycles. The fraction of sp³-hybridized carbons (Fsp3) is 0.500. The predicted molar refractivity (Wildman–Crippen MR) is 51.6 cm³/mol. The summed E-state index contributed by atoms with van der Waals surface area (Å²) >= 11 is 0. The van der Waals surface area contributed by atoms with Crippen LogP contribution in [-0.2, 0) is 4.74 Å². The molecule has 0 amide bonds. The highest BCUT2D eigenvalue weighted by molar-refractivity contribution is 5.43. The van der Waals surface area contributed by atoms with Crippen molar-refractivity contribution in [1.29, 1.82) is 0 Å². The molecule has 1 heteroatoms. The SMILES string of the molecule is CC(C)[C@H]1c2ccccc2[C@@H]2O[C@H]12. The molecule has 1 heterocycles. The van der Waals surface area contributed by atoms with Crippen molar-refractivity contribution < 1.29 is 4.74 Å². The number of hydrogen-bond donors (Lipinski definition) is 0. The fourth-order valence-corrected chi connectivity index (χ4v) is 2.64. The number of rotatable bonds is 1. The highest BCUT2D eigenvalue weighted by Crippen LogP contribution is 2.57. The van der Waals surface area contributed by atoms with Gasteiger partial charge in [0.05, 0.1) is 6.10 Å². The molecule has 3 atom stereocenters. The lowest BCUT2D eigenvalue weighted by molar-refractivity contribution is 0.306. The van der Waals surface area contributed by atoms with Gasteiger partial charge in [0.25, 0.3) is 0 Å². The van der Waals surface area contributed by atoms with E-state index in [2.05, 4.69) is 38.1 Å². The van der Waals surface area contributed by atoms with E-state index in [0.717, 1.165) is 0 Å². The molecule has 1 aliphatic carbocycles. The van der Waals surface area contributed by atoms with Gasteiger partial charge in [-0.2, -0.15) is 0 Å². The fourth-order valence-electron chi connectivity index (χ4n) is 2.64. The zero-order valence-corrected chi connectivity index (χ0v) is 8.03. The highest BCUT2D eigenvalue weighted by atomic mass is 16.6. The van der Waals surface area contributed by atoms with Gasteiger partial charge in [-0.25, -0.2) is 0 Å². The van der Waals surface area contributed by atoms with Gasteiger partial charge in [0.2, 0.25) is 0 Å². The molecule has 0 bridgehead atoms.